The molecular weight excluding hydrogens is 324 g/mol. The summed E-state index contributed by atoms with van der Waals surface area (Å²) in [4.78, 5) is 12.4. The van der Waals surface area contributed by atoms with Crippen molar-refractivity contribution in [3.63, 3.8) is 0 Å². The van der Waals surface area contributed by atoms with Crippen LogP contribution in [0.2, 0.25) is 0 Å². The highest BCUT2D eigenvalue weighted by molar-refractivity contribution is 7.90. The van der Waals surface area contributed by atoms with Gasteiger partial charge < -0.3 is 4.74 Å². The van der Waals surface area contributed by atoms with Gasteiger partial charge in [0.15, 0.2) is 9.84 Å². The average molecular weight is 346 g/mol. The minimum Gasteiger partial charge on any atom is -0.423 e. The Bertz CT molecular complexity index is 874. The highest BCUT2D eigenvalue weighted by Gasteiger charge is 2.17. The average Bonchev–Trinajstić information content (AvgIpc) is 2.47. The van der Waals surface area contributed by atoms with Crippen molar-refractivity contribution < 1.29 is 17.9 Å². The minimum atomic E-state index is -3.37. The molecule has 0 heterocycles. The number of sulfone groups is 1. The largest absolute Gasteiger partial charge is 0.423 e. The van der Waals surface area contributed by atoms with E-state index in [9.17, 15) is 13.2 Å². The van der Waals surface area contributed by atoms with Gasteiger partial charge in [-0.2, -0.15) is 0 Å². The second-order valence-corrected chi connectivity index (χ2v) is 8.94. The van der Waals surface area contributed by atoms with Crippen LogP contribution in [0.25, 0.3) is 0 Å². The summed E-state index contributed by atoms with van der Waals surface area (Å²) in [6, 6.07) is 11.6. The van der Waals surface area contributed by atoms with E-state index in [0.717, 1.165) is 17.4 Å². The molecule has 0 spiro atoms. The van der Waals surface area contributed by atoms with Crippen LogP contribution in [0, 0.1) is 6.92 Å². The van der Waals surface area contributed by atoms with Gasteiger partial charge in [-0.15, -0.1) is 0 Å². The topological polar surface area (TPSA) is 60.4 Å². The second kappa shape index (κ2) is 6.40. The summed E-state index contributed by atoms with van der Waals surface area (Å²) in [5.41, 5.74) is 2.23. The number of hydrogen-bond acceptors (Lipinski definition) is 4. The number of esters is 1. The Balaban J connectivity index is 2.28. The second-order valence-electron chi connectivity index (χ2n) is 6.92. The first-order chi connectivity index (χ1) is 11.0. The Morgan fingerprint density at radius 2 is 1.71 bits per heavy atom. The Hall–Kier alpha value is -2.14. The Kier molecular flexibility index (Phi) is 4.85. The standard InChI is InChI=1S/C19H22O4S/c1-13-11-15(19(2,3)4)9-10-17(13)23-18(20)14-7-6-8-16(12-14)24(5,21)22/h6-12H,1-5H3. The lowest BCUT2D eigenvalue weighted by atomic mass is 9.86. The van der Waals surface area contributed by atoms with Gasteiger partial charge in [0.1, 0.15) is 5.75 Å². The first kappa shape index (κ1) is 18.2. The minimum absolute atomic E-state index is 0.0110. The monoisotopic (exact) mass is 346 g/mol. The number of carbonyl (C=O) groups excluding carboxylic acids is 1. The lowest BCUT2D eigenvalue weighted by Gasteiger charge is -2.20. The summed E-state index contributed by atoms with van der Waals surface area (Å²) in [6.45, 7) is 8.23. The molecule has 0 fully saturated rings. The molecule has 0 atom stereocenters. The van der Waals surface area contributed by atoms with Crippen LogP contribution in [0.3, 0.4) is 0 Å². The van der Waals surface area contributed by atoms with Gasteiger partial charge in [0, 0.05) is 6.26 Å². The maximum absolute atomic E-state index is 12.3. The van der Waals surface area contributed by atoms with Gasteiger partial charge in [-0.05, 0) is 47.7 Å². The van der Waals surface area contributed by atoms with E-state index in [4.69, 9.17) is 4.74 Å². The zero-order valence-corrected chi connectivity index (χ0v) is 15.4. The maximum atomic E-state index is 12.3. The van der Waals surface area contributed by atoms with Crippen LogP contribution in [0.1, 0.15) is 42.3 Å². The summed E-state index contributed by atoms with van der Waals surface area (Å²) in [5.74, 6) is -0.107. The molecule has 2 aromatic rings. The van der Waals surface area contributed by atoms with Gasteiger partial charge in [0.2, 0.25) is 0 Å². The van der Waals surface area contributed by atoms with E-state index in [0.29, 0.717) is 5.75 Å². The first-order valence-corrected chi connectivity index (χ1v) is 9.51. The normalized spacial score (nSPS) is 12.0. The number of aryl methyl sites for hydroxylation is 1. The van der Waals surface area contributed by atoms with E-state index in [-0.39, 0.29) is 15.9 Å². The molecule has 0 bridgehead atoms. The smallest absolute Gasteiger partial charge is 0.343 e. The molecule has 5 heteroatoms. The molecule has 0 aromatic heterocycles. The van der Waals surface area contributed by atoms with Crippen molar-refractivity contribution >= 4 is 15.8 Å². The molecular formula is C19H22O4S. The molecule has 0 unspecified atom stereocenters. The Morgan fingerprint density at radius 3 is 2.25 bits per heavy atom. The van der Waals surface area contributed by atoms with Crippen molar-refractivity contribution in [2.24, 2.45) is 0 Å². The molecule has 0 aliphatic rings. The van der Waals surface area contributed by atoms with Crippen LogP contribution in [0.4, 0.5) is 0 Å². The fourth-order valence-electron chi connectivity index (χ4n) is 2.24. The molecule has 2 aromatic carbocycles. The molecule has 4 nitrogen and oxygen atoms in total. The van der Waals surface area contributed by atoms with Crippen LogP contribution in [0.5, 0.6) is 5.75 Å². The summed E-state index contributed by atoms with van der Waals surface area (Å²) >= 11 is 0. The molecule has 2 rings (SSSR count). The predicted octanol–water partition coefficient (Wildman–Crippen LogP) is 3.92. The third-order valence-electron chi connectivity index (χ3n) is 3.74. The van der Waals surface area contributed by atoms with E-state index >= 15 is 0 Å². The highest BCUT2D eigenvalue weighted by atomic mass is 32.2. The first-order valence-electron chi connectivity index (χ1n) is 7.62. The van der Waals surface area contributed by atoms with Crippen molar-refractivity contribution in [3.8, 4) is 5.75 Å². The number of carbonyl (C=O) groups is 1. The molecule has 128 valence electrons. The third-order valence-corrected chi connectivity index (χ3v) is 4.85. The lowest BCUT2D eigenvalue weighted by molar-refractivity contribution is 0.0733. The summed E-state index contributed by atoms with van der Waals surface area (Å²) in [5, 5.41) is 0. The van der Waals surface area contributed by atoms with Crippen LogP contribution in [-0.2, 0) is 15.3 Å². The Morgan fingerprint density at radius 1 is 1.04 bits per heavy atom. The fraction of sp³-hybridized carbons (Fsp3) is 0.316. The van der Waals surface area contributed by atoms with E-state index in [1.54, 1.807) is 6.07 Å². The van der Waals surface area contributed by atoms with Crippen molar-refractivity contribution in [2.45, 2.75) is 38.0 Å². The summed E-state index contributed by atoms with van der Waals surface area (Å²) in [7, 11) is -3.37. The summed E-state index contributed by atoms with van der Waals surface area (Å²) in [6.07, 6.45) is 1.10. The molecule has 0 amide bonds. The predicted molar refractivity (Wildman–Crippen MR) is 94.4 cm³/mol. The van der Waals surface area contributed by atoms with Gasteiger partial charge in [0.05, 0.1) is 10.5 Å². The molecule has 0 radical (unpaired) electrons. The maximum Gasteiger partial charge on any atom is 0.343 e. The highest BCUT2D eigenvalue weighted by Crippen LogP contribution is 2.28. The van der Waals surface area contributed by atoms with E-state index in [2.05, 4.69) is 20.8 Å². The number of benzene rings is 2. The molecule has 24 heavy (non-hydrogen) atoms. The van der Waals surface area contributed by atoms with Gasteiger partial charge in [-0.1, -0.05) is 39.0 Å². The molecule has 0 N–H and O–H groups in total. The van der Waals surface area contributed by atoms with Crippen LogP contribution in [0.15, 0.2) is 47.4 Å². The number of hydrogen-bond donors (Lipinski definition) is 0. The molecule has 0 aliphatic carbocycles. The summed E-state index contributed by atoms with van der Waals surface area (Å²) < 4.78 is 28.6. The molecule has 0 aliphatic heterocycles. The van der Waals surface area contributed by atoms with Gasteiger partial charge in [-0.3, -0.25) is 0 Å². The van der Waals surface area contributed by atoms with Crippen molar-refractivity contribution in [1.82, 2.24) is 0 Å². The van der Waals surface area contributed by atoms with E-state index in [1.807, 2.05) is 19.1 Å². The van der Waals surface area contributed by atoms with Crippen LogP contribution in [-0.4, -0.2) is 20.6 Å². The fourth-order valence-corrected chi connectivity index (χ4v) is 2.91. The van der Waals surface area contributed by atoms with Gasteiger partial charge >= 0.3 is 5.97 Å². The van der Waals surface area contributed by atoms with Crippen molar-refractivity contribution in [2.75, 3.05) is 6.26 Å². The zero-order chi connectivity index (χ0) is 18.1. The SMILES string of the molecule is Cc1cc(C(C)(C)C)ccc1OC(=O)c1cccc(S(C)(=O)=O)c1. The molecule has 0 saturated heterocycles. The third kappa shape index (κ3) is 4.23. The lowest BCUT2D eigenvalue weighted by Crippen LogP contribution is -2.13. The molecule has 0 saturated carbocycles. The van der Waals surface area contributed by atoms with Crippen LogP contribution >= 0.6 is 0 Å². The quantitative estimate of drug-likeness (QED) is 0.624. The number of rotatable bonds is 3. The Labute approximate surface area is 143 Å². The van der Waals surface area contributed by atoms with Gasteiger partial charge in [0.25, 0.3) is 0 Å². The van der Waals surface area contributed by atoms with Gasteiger partial charge in [-0.25, -0.2) is 13.2 Å². The van der Waals surface area contributed by atoms with E-state index in [1.165, 1.54) is 24.3 Å². The number of ether oxygens (including phenoxy) is 1. The van der Waals surface area contributed by atoms with Crippen LogP contribution < -0.4 is 4.74 Å². The zero-order valence-electron chi connectivity index (χ0n) is 14.6. The van der Waals surface area contributed by atoms with E-state index < -0.39 is 15.8 Å². The van der Waals surface area contributed by atoms with Crippen molar-refractivity contribution in [1.29, 1.82) is 0 Å². The van der Waals surface area contributed by atoms with Crippen molar-refractivity contribution in [3.05, 3.63) is 59.2 Å².